The van der Waals surface area contributed by atoms with Gasteiger partial charge in [0.2, 0.25) is 0 Å². The van der Waals surface area contributed by atoms with Crippen LogP contribution in [-0.2, 0) is 48.0 Å². The zero-order valence-electron chi connectivity index (χ0n) is 24.6. The van der Waals surface area contributed by atoms with Crippen molar-refractivity contribution in [3.8, 4) is 0 Å². The van der Waals surface area contributed by atoms with Gasteiger partial charge >= 0.3 is 44.9 Å². The molecule has 0 aromatic carbocycles. The third-order valence-electron chi connectivity index (χ3n) is 5.40. The lowest BCUT2D eigenvalue weighted by atomic mass is 9.92. The van der Waals surface area contributed by atoms with Crippen molar-refractivity contribution in [3.05, 3.63) is 5.21 Å². The van der Waals surface area contributed by atoms with Gasteiger partial charge in [-0.05, 0) is 0 Å². The van der Waals surface area contributed by atoms with E-state index in [0.29, 0.717) is 4.89 Å². The Morgan fingerprint density at radius 2 is 0.848 bits per heavy atom. The third kappa shape index (κ3) is 17.3. The summed E-state index contributed by atoms with van der Waals surface area (Å²) in [6, 6.07) is 0. The van der Waals surface area contributed by atoms with Crippen LogP contribution < -0.4 is 4.89 Å². The van der Waals surface area contributed by atoms with Crippen molar-refractivity contribution in [2.45, 2.75) is 51.9 Å². The van der Waals surface area contributed by atoms with Crippen LogP contribution in [0.3, 0.4) is 0 Å². The second-order valence-corrected chi connectivity index (χ2v) is 14.1. The largest absolute Gasteiger partial charge is 0.773 e. The van der Waals surface area contributed by atoms with Crippen molar-refractivity contribution in [2.75, 3.05) is 66.1 Å². The summed E-state index contributed by atoms with van der Waals surface area (Å²) >= 11 is 0. The van der Waals surface area contributed by atoms with Crippen LogP contribution in [0.2, 0.25) is 0 Å². The summed E-state index contributed by atoms with van der Waals surface area (Å²) in [6.45, 7) is -4.97. The van der Waals surface area contributed by atoms with Gasteiger partial charge in [0.1, 0.15) is 13.2 Å². The summed E-state index contributed by atoms with van der Waals surface area (Å²) in [7, 11) is -9.97. The molecule has 0 aromatic rings. The molecule has 0 aliphatic carbocycles. The Morgan fingerprint density at radius 3 is 1.13 bits per heavy atom. The summed E-state index contributed by atoms with van der Waals surface area (Å²) in [5.74, 6) is -10.5. The SMILES string of the molecule is CC(C)(COCC(C)(COCC(F)(F)C(F)(F)F)COS(=O)(=O)O)COCC(C)(COCC(F)(F)C(F)(F)F)COS(=O)(=O)N[O-]. The van der Waals surface area contributed by atoms with Crippen LogP contribution in [0.1, 0.15) is 27.7 Å². The van der Waals surface area contributed by atoms with E-state index in [9.17, 15) is 65.9 Å². The molecule has 2 N–H and O–H groups in total. The van der Waals surface area contributed by atoms with Gasteiger partial charge in [-0.1, -0.05) is 27.7 Å². The minimum Gasteiger partial charge on any atom is -0.773 e. The highest BCUT2D eigenvalue weighted by Gasteiger charge is 2.58. The van der Waals surface area contributed by atoms with Crippen LogP contribution in [0.4, 0.5) is 43.9 Å². The molecule has 2 unspecified atom stereocenters. The van der Waals surface area contributed by atoms with E-state index in [2.05, 4.69) is 17.8 Å². The molecule has 0 saturated heterocycles. The molecule has 2 atom stereocenters. The van der Waals surface area contributed by atoms with Gasteiger partial charge in [0.05, 0.1) is 52.9 Å². The minimum atomic E-state index is -5.95. The summed E-state index contributed by atoms with van der Waals surface area (Å²) in [6.07, 6.45) is -11.9. The number of nitrogens with one attached hydrogen (secondary N) is 1. The number of halogens is 10. The number of hydrogen-bond acceptors (Lipinski definition) is 11. The lowest BCUT2D eigenvalue weighted by molar-refractivity contribution is -0.298. The molecule has 0 saturated carbocycles. The van der Waals surface area contributed by atoms with Crippen molar-refractivity contribution >= 4 is 20.7 Å². The molecule has 0 bridgehead atoms. The fourth-order valence-electron chi connectivity index (χ4n) is 2.91. The average Bonchev–Trinajstić information content (AvgIpc) is 2.84. The summed E-state index contributed by atoms with van der Waals surface area (Å²) in [5.41, 5.74) is -4.53. The van der Waals surface area contributed by atoms with Crippen LogP contribution in [0.5, 0.6) is 0 Å². The maximum atomic E-state index is 13.2. The van der Waals surface area contributed by atoms with Crippen molar-refractivity contribution in [3.63, 3.8) is 0 Å². The number of rotatable bonds is 23. The molecule has 13 nitrogen and oxygen atoms in total. The van der Waals surface area contributed by atoms with E-state index in [4.69, 9.17) is 14.0 Å². The monoisotopic (exact) mass is 746 g/mol. The minimum absolute atomic E-state index is 0.330. The van der Waals surface area contributed by atoms with E-state index >= 15 is 0 Å². The Balaban J connectivity index is 5.37. The molecule has 46 heavy (non-hydrogen) atoms. The molecule has 25 heteroatoms. The standard InChI is InChI=1S/C21H34F10NO12S2/c1-15(2,6-40-8-17(4,12-44-46(36,37)38)10-42-14-19(24,25)21(29,30)31)5-39-7-16(3,11-43-45(34,35)32-33)9-41-13-18(22,23)20(26,27)28/h32H,5-14H2,1-4H3,(H,36,37,38)/q-1. The van der Waals surface area contributed by atoms with Crippen molar-refractivity contribution in [1.29, 1.82) is 0 Å². The Morgan fingerprint density at radius 1 is 0.543 bits per heavy atom. The van der Waals surface area contributed by atoms with E-state index < -0.39 is 114 Å². The lowest BCUT2D eigenvalue weighted by Crippen LogP contribution is -2.44. The van der Waals surface area contributed by atoms with Gasteiger partial charge in [0.25, 0.3) is 0 Å². The first-order valence-corrected chi connectivity index (χ1v) is 15.2. The first-order valence-electron chi connectivity index (χ1n) is 12.4. The van der Waals surface area contributed by atoms with Crippen LogP contribution in [-0.4, -0.2) is 112 Å². The number of ether oxygens (including phenoxy) is 4. The van der Waals surface area contributed by atoms with Gasteiger partial charge < -0.3 is 24.2 Å². The molecular weight excluding hydrogens is 712 g/mol. The molecule has 0 heterocycles. The Hall–Kier alpha value is -1.16. The van der Waals surface area contributed by atoms with Crippen molar-refractivity contribution < 1.29 is 92.6 Å². The predicted octanol–water partition coefficient (Wildman–Crippen LogP) is 3.66. The highest BCUT2D eigenvalue weighted by atomic mass is 32.3. The molecule has 0 aliphatic heterocycles. The Labute approximate surface area is 257 Å². The molecule has 0 aliphatic rings. The molecule has 278 valence electrons. The summed E-state index contributed by atoms with van der Waals surface area (Å²) in [5, 5.41) is 10.5. The average molecular weight is 747 g/mol. The third-order valence-corrected chi connectivity index (χ3v) is 6.45. The quantitative estimate of drug-likeness (QED) is 0.0883. The molecule has 0 amide bonds. The predicted molar refractivity (Wildman–Crippen MR) is 134 cm³/mol. The molecule has 0 rings (SSSR count). The van der Waals surface area contributed by atoms with E-state index in [-0.39, 0.29) is 13.2 Å². The van der Waals surface area contributed by atoms with Crippen molar-refractivity contribution in [2.24, 2.45) is 16.2 Å². The van der Waals surface area contributed by atoms with Gasteiger partial charge in [-0.3, -0.25) is 13.6 Å². The number of hydrogen-bond donors (Lipinski definition) is 2. The first-order chi connectivity index (χ1) is 20.3. The fraction of sp³-hybridized carbons (Fsp3) is 1.00. The van der Waals surface area contributed by atoms with Gasteiger partial charge in [-0.2, -0.15) is 60.7 Å². The first kappa shape index (κ1) is 44.8. The number of alkyl halides is 10. The van der Waals surface area contributed by atoms with Crippen LogP contribution in [0, 0.1) is 21.5 Å². The van der Waals surface area contributed by atoms with E-state index in [0.717, 1.165) is 13.8 Å². The molecule has 0 fully saturated rings. The smallest absolute Gasteiger partial charge is 0.455 e. The lowest BCUT2D eigenvalue weighted by Gasteiger charge is -2.33. The molecular formula is C21H34F10NO12S2-. The zero-order chi connectivity index (χ0) is 36.5. The van der Waals surface area contributed by atoms with Gasteiger partial charge in [-0.25, -0.2) is 4.18 Å². The van der Waals surface area contributed by atoms with E-state index in [1.54, 1.807) is 0 Å². The topological polar surface area (TPSA) is 179 Å². The Bertz CT molecular complexity index is 1150. The van der Waals surface area contributed by atoms with Crippen LogP contribution in [0.15, 0.2) is 0 Å². The van der Waals surface area contributed by atoms with Crippen LogP contribution in [0.25, 0.3) is 0 Å². The maximum absolute atomic E-state index is 13.2. The molecule has 0 spiro atoms. The summed E-state index contributed by atoms with van der Waals surface area (Å²) in [4.78, 5) is 0.554. The van der Waals surface area contributed by atoms with Gasteiger partial charge in [0, 0.05) is 16.2 Å². The normalized spacial score (nSPS) is 17.1. The Kier molecular flexibility index (Phi) is 16.1. The maximum Gasteiger partial charge on any atom is 0.455 e. The molecule has 0 aromatic heterocycles. The second kappa shape index (κ2) is 16.5. The molecule has 0 radical (unpaired) electrons. The highest BCUT2D eigenvalue weighted by molar-refractivity contribution is 7.84. The highest BCUT2D eigenvalue weighted by Crippen LogP contribution is 2.37. The van der Waals surface area contributed by atoms with E-state index in [1.165, 1.54) is 13.8 Å². The van der Waals surface area contributed by atoms with Gasteiger partial charge in [-0.15, -0.1) is 0 Å². The second-order valence-electron chi connectivity index (χ2n) is 11.7. The van der Waals surface area contributed by atoms with Gasteiger partial charge in [0.15, 0.2) is 0 Å². The summed E-state index contributed by atoms with van der Waals surface area (Å²) < 4.78 is 209. The van der Waals surface area contributed by atoms with Crippen molar-refractivity contribution in [1.82, 2.24) is 4.89 Å². The zero-order valence-corrected chi connectivity index (χ0v) is 26.2. The van der Waals surface area contributed by atoms with Crippen LogP contribution >= 0.6 is 0 Å². The van der Waals surface area contributed by atoms with E-state index in [1.807, 2.05) is 0 Å². The fourth-order valence-corrected chi connectivity index (χ4v) is 3.84.